The second-order valence-corrected chi connectivity index (χ2v) is 8.62. The molecule has 202 valence electrons. The molecule has 0 saturated carbocycles. The highest BCUT2D eigenvalue weighted by Gasteiger charge is 2.31. The molecule has 0 fully saturated rings. The lowest BCUT2D eigenvalue weighted by Crippen LogP contribution is -2.25. The summed E-state index contributed by atoms with van der Waals surface area (Å²) in [6.07, 6.45) is -4.29. The number of carbonyl (C=O) groups is 1. The van der Waals surface area contributed by atoms with Gasteiger partial charge in [-0.25, -0.2) is 9.78 Å². The summed E-state index contributed by atoms with van der Waals surface area (Å²) >= 11 is 6.38. The van der Waals surface area contributed by atoms with Gasteiger partial charge in [-0.1, -0.05) is 35.9 Å². The van der Waals surface area contributed by atoms with Gasteiger partial charge in [0, 0.05) is 5.56 Å². The molecule has 0 bridgehead atoms. The molecule has 12 heteroatoms. The van der Waals surface area contributed by atoms with Crippen molar-refractivity contribution in [2.45, 2.75) is 19.2 Å². The highest BCUT2D eigenvalue weighted by molar-refractivity contribution is 6.32. The van der Waals surface area contributed by atoms with Gasteiger partial charge in [-0.3, -0.25) is 4.79 Å². The number of benzene rings is 3. The molecule has 0 radical (unpaired) electrons. The van der Waals surface area contributed by atoms with Gasteiger partial charge in [0.15, 0.2) is 23.4 Å². The number of rotatable bonds is 7. The summed E-state index contributed by atoms with van der Waals surface area (Å²) in [6.45, 7) is 1.48. The predicted molar refractivity (Wildman–Crippen MR) is 140 cm³/mol. The molecule has 39 heavy (non-hydrogen) atoms. The van der Waals surface area contributed by atoms with Crippen LogP contribution in [0.1, 0.15) is 18.1 Å². The number of fused-ring (bicyclic) bond motifs is 1. The minimum atomic E-state index is -4.59. The fraction of sp³-hybridized carbons (Fsp3) is 0.185. The standard InChI is InChI=1S/C27H21ClF3N3O5/c1-15(26(36)38-3)39-23-20(28)11-16(12-22(23)37-2)14-32-34-24(17-7-6-8-18(13-17)27(29,30)31)33-21-10-5-4-9-19(21)25(34)35/h4-15H,1-3H3/t15-/m0/s1. The Labute approximate surface area is 225 Å². The van der Waals surface area contributed by atoms with Crippen LogP contribution in [-0.2, 0) is 15.7 Å². The summed E-state index contributed by atoms with van der Waals surface area (Å²) in [7, 11) is 2.59. The highest BCUT2D eigenvalue weighted by atomic mass is 35.5. The van der Waals surface area contributed by atoms with Crippen LogP contribution in [-0.4, -0.2) is 42.2 Å². The van der Waals surface area contributed by atoms with E-state index in [1.807, 2.05) is 0 Å². The monoisotopic (exact) mass is 559 g/mol. The molecule has 4 rings (SSSR count). The van der Waals surface area contributed by atoms with Gasteiger partial charge in [0.25, 0.3) is 5.56 Å². The van der Waals surface area contributed by atoms with Crippen LogP contribution in [0, 0.1) is 0 Å². The first-order chi connectivity index (χ1) is 18.5. The zero-order valence-corrected chi connectivity index (χ0v) is 21.6. The van der Waals surface area contributed by atoms with Crippen molar-refractivity contribution in [3.8, 4) is 22.9 Å². The third-order valence-electron chi connectivity index (χ3n) is 5.60. The van der Waals surface area contributed by atoms with E-state index in [1.54, 1.807) is 24.3 Å². The molecule has 3 aromatic carbocycles. The summed E-state index contributed by atoms with van der Waals surface area (Å²) in [5.74, 6) is -0.458. The van der Waals surface area contributed by atoms with Crippen molar-refractivity contribution in [2.24, 2.45) is 5.10 Å². The van der Waals surface area contributed by atoms with Crippen molar-refractivity contribution in [3.05, 3.63) is 87.2 Å². The second kappa shape index (κ2) is 11.2. The number of aromatic nitrogens is 2. The van der Waals surface area contributed by atoms with E-state index in [0.29, 0.717) is 11.1 Å². The zero-order chi connectivity index (χ0) is 28.3. The van der Waals surface area contributed by atoms with Gasteiger partial charge in [0.05, 0.1) is 41.9 Å². The molecule has 1 atom stereocenters. The molecule has 4 aromatic rings. The molecular formula is C27H21ClF3N3O5. The fourth-order valence-electron chi connectivity index (χ4n) is 3.70. The largest absolute Gasteiger partial charge is 0.493 e. The van der Waals surface area contributed by atoms with E-state index in [4.69, 9.17) is 21.1 Å². The average molecular weight is 560 g/mol. The number of esters is 1. The van der Waals surface area contributed by atoms with E-state index in [9.17, 15) is 22.8 Å². The second-order valence-electron chi connectivity index (χ2n) is 8.21. The van der Waals surface area contributed by atoms with Crippen molar-refractivity contribution in [2.75, 3.05) is 14.2 Å². The SMILES string of the molecule is COC(=O)[C@H](C)Oc1c(Cl)cc(C=Nn2c(-c3cccc(C(F)(F)F)c3)nc3ccccc3c2=O)cc1OC. The Bertz CT molecular complexity index is 1640. The summed E-state index contributed by atoms with van der Waals surface area (Å²) in [5, 5.41) is 4.55. The molecule has 0 unspecified atom stereocenters. The fourth-order valence-corrected chi connectivity index (χ4v) is 3.96. The smallest absolute Gasteiger partial charge is 0.416 e. The zero-order valence-electron chi connectivity index (χ0n) is 20.8. The van der Waals surface area contributed by atoms with E-state index in [2.05, 4.69) is 14.8 Å². The number of para-hydroxylation sites is 1. The molecule has 0 aliphatic carbocycles. The van der Waals surface area contributed by atoms with E-state index in [1.165, 1.54) is 51.6 Å². The number of ether oxygens (including phenoxy) is 3. The Kier molecular flexibility index (Phi) is 7.91. The molecule has 0 amide bonds. The van der Waals surface area contributed by atoms with Crippen molar-refractivity contribution in [1.29, 1.82) is 0 Å². The third-order valence-corrected chi connectivity index (χ3v) is 5.88. The van der Waals surface area contributed by atoms with Crippen molar-refractivity contribution >= 4 is 34.7 Å². The van der Waals surface area contributed by atoms with E-state index < -0.39 is 29.4 Å². The number of hydrogen-bond acceptors (Lipinski definition) is 7. The molecule has 1 heterocycles. The van der Waals surface area contributed by atoms with Gasteiger partial charge in [-0.2, -0.15) is 22.9 Å². The van der Waals surface area contributed by atoms with Gasteiger partial charge in [-0.15, -0.1) is 0 Å². The molecule has 0 saturated heterocycles. The third kappa shape index (κ3) is 5.88. The summed E-state index contributed by atoms with van der Waals surface area (Å²) in [5.41, 5.74) is -0.779. The summed E-state index contributed by atoms with van der Waals surface area (Å²) < 4.78 is 56.7. The maximum absolute atomic E-state index is 13.4. The first-order valence-electron chi connectivity index (χ1n) is 11.4. The highest BCUT2D eigenvalue weighted by Crippen LogP contribution is 2.37. The van der Waals surface area contributed by atoms with Crippen LogP contribution in [0.15, 0.2) is 70.6 Å². The van der Waals surface area contributed by atoms with Gasteiger partial charge in [0.2, 0.25) is 0 Å². The van der Waals surface area contributed by atoms with Gasteiger partial charge < -0.3 is 14.2 Å². The Morgan fingerprint density at radius 2 is 1.85 bits per heavy atom. The Morgan fingerprint density at radius 1 is 1.10 bits per heavy atom. The number of halogens is 4. The Morgan fingerprint density at radius 3 is 2.54 bits per heavy atom. The summed E-state index contributed by atoms with van der Waals surface area (Å²) in [6, 6.07) is 13.8. The number of nitrogens with zero attached hydrogens (tertiary/aromatic N) is 3. The van der Waals surface area contributed by atoms with Crippen molar-refractivity contribution < 1.29 is 32.2 Å². The molecular weight excluding hydrogens is 539 g/mol. The summed E-state index contributed by atoms with van der Waals surface area (Å²) in [4.78, 5) is 29.5. The first kappa shape index (κ1) is 27.6. The number of carbonyl (C=O) groups excluding carboxylic acids is 1. The van der Waals surface area contributed by atoms with Gasteiger partial charge in [-0.05, 0) is 48.9 Å². The van der Waals surface area contributed by atoms with Crippen LogP contribution in [0.2, 0.25) is 5.02 Å². The lowest BCUT2D eigenvalue weighted by atomic mass is 10.1. The van der Waals surface area contributed by atoms with E-state index >= 15 is 0 Å². The minimum absolute atomic E-state index is 0.0426. The molecule has 0 aliphatic rings. The predicted octanol–water partition coefficient (Wildman–Crippen LogP) is 5.57. The normalized spacial score (nSPS) is 12.5. The maximum atomic E-state index is 13.4. The lowest BCUT2D eigenvalue weighted by Gasteiger charge is -2.17. The van der Waals surface area contributed by atoms with Crippen LogP contribution in [0.25, 0.3) is 22.3 Å². The Balaban J connectivity index is 1.83. The van der Waals surface area contributed by atoms with Crippen LogP contribution in [0.3, 0.4) is 0 Å². The van der Waals surface area contributed by atoms with Crippen molar-refractivity contribution in [1.82, 2.24) is 9.66 Å². The average Bonchev–Trinajstić information content (AvgIpc) is 2.92. The van der Waals surface area contributed by atoms with Gasteiger partial charge in [0.1, 0.15) is 0 Å². The minimum Gasteiger partial charge on any atom is -0.493 e. The molecule has 0 spiro atoms. The lowest BCUT2D eigenvalue weighted by molar-refractivity contribution is -0.148. The van der Waals surface area contributed by atoms with Gasteiger partial charge >= 0.3 is 12.1 Å². The number of hydrogen-bond donors (Lipinski definition) is 0. The van der Waals surface area contributed by atoms with E-state index in [-0.39, 0.29) is 33.3 Å². The molecule has 1 aromatic heterocycles. The maximum Gasteiger partial charge on any atom is 0.416 e. The van der Waals surface area contributed by atoms with Crippen molar-refractivity contribution in [3.63, 3.8) is 0 Å². The first-order valence-corrected chi connectivity index (χ1v) is 11.8. The Hall–Kier alpha value is -4.38. The van der Waals surface area contributed by atoms with Crippen LogP contribution in [0.4, 0.5) is 13.2 Å². The van der Waals surface area contributed by atoms with Crippen LogP contribution < -0.4 is 15.0 Å². The molecule has 0 N–H and O–H groups in total. The number of alkyl halides is 3. The topological polar surface area (TPSA) is 92.0 Å². The van der Waals surface area contributed by atoms with Crippen LogP contribution in [0.5, 0.6) is 11.5 Å². The molecule has 8 nitrogen and oxygen atoms in total. The van der Waals surface area contributed by atoms with Crippen LogP contribution >= 0.6 is 11.6 Å². The quantitative estimate of drug-likeness (QED) is 0.217. The molecule has 0 aliphatic heterocycles. The number of methoxy groups -OCH3 is 2. The van der Waals surface area contributed by atoms with E-state index in [0.717, 1.165) is 16.8 Å².